The Balaban J connectivity index is 2.41. The van der Waals surface area contributed by atoms with Crippen molar-refractivity contribution in [2.45, 2.75) is 46.1 Å². The van der Waals surface area contributed by atoms with Crippen LogP contribution in [0.3, 0.4) is 0 Å². The first-order valence-corrected chi connectivity index (χ1v) is 7.30. The van der Waals surface area contributed by atoms with E-state index < -0.39 is 0 Å². The molecule has 0 saturated carbocycles. The van der Waals surface area contributed by atoms with Crippen molar-refractivity contribution in [3.8, 4) is 11.8 Å². The molecule has 0 aliphatic rings. The van der Waals surface area contributed by atoms with Gasteiger partial charge >= 0.3 is 0 Å². The summed E-state index contributed by atoms with van der Waals surface area (Å²) in [6.45, 7) is 6.79. The maximum absolute atomic E-state index is 8.96. The fraction of sp³-hybridized carbons (Fsp3) is 0.588. The minimum absolute atomic E-state index is 0.224. The zero-order valence-electron chi connectivity index (χ0n) is 13.1. The smallest absolute Gasteiger partial charge is 0.124 e. The molecule has 0 heterocycles. The summed E-state index contributed by atoms with van der Waals surface area (Å²) in [6.07, 6.45) is 2.92. The van der Waals surface area contributed by atoms with Crippen LogP contribution in [-0.2, 0) is 0 Å². The van der Waals surface area contributed by atoms with Gasteiger partial charge in [0.15, 0.2) is 0 Å². The third kappa shape index (κ3) is 5.22. The molecule has 0 bridgehead atoms. The Morgan fingerprint density at radius 2 is 2.00 bits per heavy atom. The molecule has 1 unspecified atom stereocenters. The molecule has 20 heavy (non-hydrogen) atoms. The van der Waals surface area contributed by atoms with Gasteiger partial charge in [-0.15, -0.1) is 0 Å². The molecule has 0 spiro atoms. The first-order chi connectivity index (χ1) is 9.50. The lowest BCUT2D eigenvalue weighted by Gasteiger charge is -2.17. The van der Waals surface area contributed by atoms with Gasteiger partial charge in [-0.05, 0) is 53.1 Å². The fourth-order valence-corrected chi connectivity index (χ4v) is 2.03. The van der Waals surface area contributed by atoms with Crippen LogP contribution in [0.25, 0.3) is 0 Å². The summed E-state index contributed by atoms with van der Waals surface area (Å²) in [7, 11) is 1.95. The molecule has 3 heteroatoms. The van der Waals surface area contributed by atoms with Crippen molar-refractivity contribution < 1.29 is 4.74 Å². The molecule has 0 radical (unpaired) electrons. The maximum atomic E-state index is 8.96. The summed E-state index contributed by atoms with van der Waals surface area (Å²) >= 11 is 0. The molecular weight excluding hydrogens is 248 g/mol. The largest absolute Gasteiger partial charge is 0.493 e. The van der Waals surface area contributed by atoms with E-state index in [-0.39, 0.29) is 11.5 Å². The number of nitriles is 1. The van der Waals surface area contributed by atoms with Gasteiger partial charge in [-0.1, -0.05) is 18.2 Å². The van der Waals surface area contributed by atoms with E-state index in [9.17, 15) is 0 Å². The molecule has 110 valence electrons. The Kier molecular flexibility index (Phi) is 6.54. The first kappa shape index (κ1) is 16.5. The van der Waals surface area contributed by atoms with Gasteiger partial charge in [-0.25, -0.2) is 0 Å². The Morgan fingerprint density at radius 3 is 2.65 bits per heavy atom. The predicted octanol–water partition coefficient (Wildman–Crippen LogP) is 4.07. The zero-order valence-corrected chi connectivity index (χ0v) is 13.1. The summed E-state index contributed by atoms with van der Waals surface area (Å²) in [4.78, 5) is 0. The standard InChI is InChI=1S/C17H26N2O/c1-14(19-4)15-9-5-6-10-16(15)20-12-8-7-11-17(2,3)13-18/h5-6,9-10,14,19H,7-8,11-12H2,1-4H3. The van der Waals surface area contributed by atoms with Crippen molar-refractivity contribution in [1.29, 1.82) is 5.26 Å². The minimum Gasteiger partial charge on any atom is -0.493 e. The number of para-hydroxylation sites is 1. The average Bonchev–Trinajstić information content (AvgIpc) is 2.46. The van der Waals surface area contributed by atoms with Gasteiger partial charge in [0.2, 0.25) is 0 Å². The van der Waals surface area contributed by atoms with Gasteiger partial charge in [-0.3, -0.25) is 0 Å². The molecule has 1 atom stereocenters. The summed E-state index contributed by atoms with van der Waals surface area (Å²) in [5.74, 6) is 0.953. The normalized spacial score (nSPS) is 12.8. The van der Waals surface area contributed by atoms with Gasteiger partial charge in [0.1, 0.15) is 5.75 Å². The van der Waals surface area contributed by atoms with Crippen LogP contribution < -0.4 is 10.1 Å². The number of benzene rings is 1. The van der Waals surface area contributed by atoms with Crippen LogP contribution in [0.1, 0.15) is 51.6 Å². The highest BCUT2D eigenvalue weighted by Gasteiger charge is 2.15. The van der Waals surface area contributed by atoms with E-state index in [1.54, 1.807) is 0 Å². The van der Waals surface area contributed by atoms with Gasteiger partial charge in [0, 0.05) is 11.6 Å². The van der Waals surface area contributed by atoms with E-state index in [2.05, 4.69) is 24.4 Å². The van der Waals surface area contributed by atoms with Crippen molar-refractivity contribution >= 4 is 0 Å². The second-order valence-electron chi connectivity index (χ2n) is 5.85. The van der Waals surface area contributed by atoms with Gasteiger partial charge in [0.25, 0.3) is 0 Å². The van der Waals surface area contributed by atoms with Gasteiger partial charge < -0.3 is 10.1 Å². The molecule has 0 aliphatic heterocycles. The van der Waals surface area contributed by atoms with E-state index in [0.29, 0.717) is 6.61 Å². The Labute approximate surface area is 123 Å². The molecular formula is C17H26N2O. The van der Waals surface area contributed by atoms with E-state index in [1.807, 2.05) is 39.1 Å². The Bertz CT molecular complexity index is 449. The molecule has 0 aromatic heterocycles. The number of nitrogens with one attached hydrogen (secondary N) is 1. The van der Waals surface area contributed by atoms with Crippen molar-refractivity contribution in [2.24, 2.45) is 5.41 Å². The SMILES string of the molecule is CNC(C)c1ccccc1OCCCCC(C)(C)C#N. The van der Waals surface area contributed by atoms with Crippen molar-refractivity contribution in [1.82, 2.24) is 5.32 Å². The second kappa shape index (κ2) is 7.91. The number of rotatable bonds is 8. The highest BCUT2D eigenvalue weighted by molar-refractivity contribution is 5.35. The number of hydrogen-bond donors (Lipinski definition) is 1. The summed E-state index contributed by atoms with van der Waals surface area (Å²) in [5, 5.41) is 12.2. The van der Waals surface area contributed by atoms with Crippen LogP contribution in [0.15, 0.2) is 24.3 Å². The van der Waals surface area contributed by atoms with Gasteiger partial charge in [0.05, 0.1) is 18.1 Å². The topological polar surface area (TPSA) is 45.0 Å². The Hall–Kier alpha value is -1.53. The quantitative estimate of drug-likeness (QED) is 0.727. The number of unbranched alkanes of at least 4 members (excludes halogenated alkanes) is 1. The molecule has 1 aromatic carbocycles. The molecule has 0 saturated heterocycles. The number of ether oxygens (including phenoxy) is 1. The third-order valence-electron chi connectivity index (χ3n) is 3.57. The lowest BCUT2D eigenvalue weighted by atomic mass is 9.89. The summed E-state index contributed by atoms with van der Waals surface area (Å²) < 4.78 is 5.89. The second-order valence-corrected chi connectivity index (χ2v) is 5.85. The van der Waals surface area contributed by atoms with E-state index in [1.165, 1.54) is 5.56 Å². The molecule has 0 amide bonds. The minimum atomic E-state index is -0.224. The van der Waals surface area contributed by atoms with Crippen LogP contribution >= 0.6 is 0 Å². The van der Waals surface area contributed by atoms with Gasteiger partial charge in [-0.2, -0.15) is 5.26 Å². The van der Waals surface area contributed by atoms with Crippen LogP contribution in [0.5, 0.6) is 5.75 Å². The van der Waals surface area contributed by atoms with Crippen LogP contribution in [0, 0.1) is 16.7 Å². The van der Waals surface area contributed by atoms with Crippen molar-refractivity contribution in [2.75, 3.05) is 13.7 Å². The molecule has 0 fully saturated rings. The van der Waals surface area contributed by atoms with Crippen molar-refractivity contribution in [3.05, 3.63) is 29.8 Å². The summed E-state index contributed by atoms with van der Waals surface area (Å²) in [5.41, 5.74) is 0.964. The summed E-state index contributed by atoms with van der Waals surface area (Å²) in [6, 6.07) is 10.8. The van der Waals surface area contributed by atoms with Crippen LogP contribution in [0.2, 0.25) is 0 Å². The van der Waals surface area contributed by atoms with E-state index >= 15 is 0 Å². The first-order valence-electron chi connectivity index (χ1n) is 7.30. The van der Waals surface area contributed by atoms with E-state index in [0.717, 1.165) is 25.0 Å². The maximum Gasteiger partial charge on any atom is 0.124 e. The zero-order chi connectivity index (χ0) is 15.0. The van der Waals surface area contributed by atoms with Crippen LogP contribution in [-0.4, -0.2) is 13.7 Å². The highest BCUT2D eigenvalue weighted by atomic mass is 16.5. The fourth-order valence-electron chi connectivity index (χ4n) is 2.03. The lowest BCUT2D eigenvalue weighted by molar-refractivity contribution is 0.290. The van der Waals surface area contributed by atoms with Crippen molar-refractivity contribution in [3.63, 3.8) is 0 Å². The molecule has 1 aromatic rings. The molecule has 0 aliphatic carbocycles. The number of hydrogen-bond acceptors (Lipinski definition) is 3. The lowest BCUT2D eigenvalue weighted by Crippen LogP contribution is -2.14. The van der Waals surface area contributed by atoms with E-state index in [4.69, 9.17) is 10.00 Å². The van der Waals surface area contributed by atoms with Crippen LogP contribution in [0.4, 0.5) is 0 Å². The highest BCUT2D eigenvalue weighted by Crippen LogP contribution is 2.25. The monoisotopic (exact) mass is 274 g/mol. The third-order valence-corrected chi connectivity index (χ3v) is 3.57. The predicted molar refractivity (Wildman–Crippen MR) is 82.7 cm³/mol. The molecule has 3 nitrogen and oxygen atoms in total. The Morgan fingerprint density at radius 1 is 1.30 bits per heavy atom. The molecule has 1 rings (SSSR count). The number of nitrogens with zero attached hydrogens (tertiary/aromatic N) is 1. The average molecular weight is 274 g/mol. The molecule has 1 N–H and O–H groups in total.